The van der Waals surface area contributed by atoms with Crippen molar-refractivity contribution >= 4 is 39.1 Å². The van der Waals surface area contributed by atoms with Crippen molar-refractivity contribution in [3.8, 4) is 5.69 Å². The fraction of sp³-hybridized carbons (Fsp3) is 0.368. The van der Waals surface area contributed by atoms with Gasteiger partial charge in [-0.2, -0.15) is 0 Å². The second kappa shape index (κ2) is 7.59. The molecule has 0 bridgehead atoms. The van der Waals surface area contributed by atoms with Crippen LogP contribution < -0.4 is 10.9 Å². The average molecular weight is 405 g/mol. The Hall–Kier alpha value is -1.93. The summed E-state index contributed by atoms with van der Waals surface area (Å²) in [6.07, 6.45) is 1.45. The molecule has 8 heteroatoms. The average Bonchev–Trinajstić information content (AvgIpc) is 3.00. The van der Waals surface area contributed by atoms with Gasteiger partial charge in [-0.15, -0.1) is 11.3 Å². The number of benzene rings is 1. The highest BCUT2D eigenvalue weighted by Crippen LogP contribution is 2.33. The molecule has 0 spiro atoms. The number of fused-ring (bicyclic) bond motifs is 3. The summed E-state index contributed by atoms with van der Waals surface area (Å²) < 4.78 is 1.61. The quantitative estimate of drug-likeness (QED) is 0.640. The molecule has 1 aliphatic heterocycles. The zero-order valence-electron chi connectivity index (χ0n) is 15.0. The first-order valence-corrected chi connectivity index (χ1v) is 10.1. The van der Waals surface area contributed by atoms with E-state index in [0.717, 1.165) is 41.0 Å². The topological polar surface area (TPSA) is 70.4 Å². The van der Waals surface area contributed by atoms with Crippen molar-refractivity contribution in [3.05, 3.63) is 50.1 Å². The second-order valence-electron chi connectivity index (χ2n) is 6.73. The first-order chi connectivity index (χ1) is 13.1. The number of anilines is 1. The number of likely N-dealkylation sites (N-methyl/N-ethyl adjacent to an activating group) is 1. The van der Waals surface area contributed by atoms with E-state index in [9.17, 15) is 4.79 Å². The SMILES string of the molecule is CN1CCc2c(sc3nc(NCCCO)n(-c4ccc(Cl)cc4)c(=O)c23)C1. The molecular weight excluding hydrogens is 384 g/mol. The van der Waals surface area contributed by atoms with E-state index in [2.05, 4.69) is 17.3 Å². The predicted octanol–water partition coefficient (Wildman–Crippen LogP) is 2.88. The van der Waals surface area contributed by atoms with Crippen LogP contribution in [0.4, 0.5) is 5.95 Å². The minimum Gasteiger partial charge on any atom is -0.396 e. The van der Waals surface area contributed by atoms with Gasteiger partial charge >= 0.3 is 0 Å². The molecule has 0 saturated heterocycles. The molecule has 142 valence electrons. The number of nitrogens with one attached hydrogen (secondary N) is 1. The van der Waals surface area contributed by atoms with Gasteiger partial charge in [0.2, 0.25) is 5.95 Å². The summed E-state index contributed by atoms with van der Waals surface area (Å²) in [5.74, 6) is 0.496. The zero-order chi connectivity index (χ0) is 19.0. The van der Waals surface area contributed by atoms with E-state index in [4.69, 9.17) is 21.7 Å². The Labute approximate surface area is 166 Å². The largest absolute Gasteiger partial charge is 0.396 e. The highest BCUT2D eigenvalue weighted by molar-refractivity contribution is 7.18. The van der Waals surface area contributed by atoms with Crippen molar-refractivity contribution in [2.75, 3.05) is 32.1 Å². The predicted molar refractivity (Wildman–Crippen MR) is 110 cm³/mol. The van der Waals surface area contributed by atoms with Crippen molar-refractivity contribution in [2.45, 2.75) is 19.4 Å². The van der Waals surface area contributed by atoms with E-state index in [0.29, 0.717) is 23.9 Å². The number of hydrogen-bond donors (Lipinski definition) is 2. The molecule has 0 fully saturated rings. The number of halogens is 1. The first-order valence-electron chi connectivity index (χ1n) is 8.95. The standard InChI is InChI=1S/C19H21ClN4O2S/c1-23-9-7-14-15(11-23)27-17-16(14)18(26)24(13-5-3-12(20)4-6-13)19(22-17)21-8-2-10-25/h3-6,25H,2,7-11H2,1H3,(H,21,22). The van der Waals surface area contributed by atoms with E-state index in [-0.39, 0.29) is 12.2 Å². The van der Waals surface area contributed by atoms with Gasteiger partial charge in [-0.25, -0.2) is 9.55 Å². The summed E-state index contributed by atoms with van der Waals surface area (Å²) in [6, 6.07) is 7.17. The molecule has 0 atom stereocenters. The number of thiophene rings is 1. The van der Waals surface area contributed by atoms with Crippen LogP contribution in [-0.4, -0.2) is 46.3 Å². The van der Waals surface area contributed by atoms with Crippen molar-refractivity contribution in [1.82, 2.24) is 14.5 Å². The Morgan fingerprint density at radius 3 is 2.85 bits per heavy atom. The Bertz CT molecular complexity index is 1030. The Morgan fingerprint density at radius 1 is 1.33 bits per heavy atom. The summed E-state index contributed by atoms with van der Waals surface area (Å²) in [4.78, 5) is 22.5. The highest BCUT2D eigenvalue weighted by atomic mass is 35.5. The highest BCUT2D eigenvalue weighted by Gasteiger charge is 2.24. The minimum atomic E-state index is -0.0594. The van der Waals surface area contributed by atoms with Gasteiger partial charge in [0, 0.05) is 36.1 Å². The van der Waals surface area contributed by atoms with Crippen molar-refractivity contribution in [3.63, 3.8) is 0 Å². The summed E-state index contributed by atoms with van der Waals surface area (Å²) in [6.45, 7) is 2.41. The third-order valence-electron chi connectivity index (χ3n) is 4.77. The van der Waals surface area contributed by atoms with E-state index in [1.807, 2.05) is 12.1 Å². The van der Waals surface area contributed by atoms with Gasteiger partial charge in [-0.1, -0.05) is 11.6 Å². The molecule has 2 aromatic heterocycles. The number of hydrogen-bond acceptors (Lipinski definition) is 6. The Morgan fingerprint density at radius 2 is 2.11 bits per heavy atom. The number of aliphatic hydroxyl groups excluding tert-OH is 1. The maximum absolute atomic E-state index is 13.5. The fourth-order valence-electron chi connectivity index (χ4n) is 3.40. The normalized spacial score (nSPS) is 14.5. The molecule has 4 rings (SSSR count). The molecule has 0 amide bonds. The lowest BCUT2D eigenvalue weighted by Gasteiger charge is -2.21. The molecule has 2 N–H and O–H groups in total. The summed E-state index contributed by atoms with van der Waals surface area (Å²) >= 11 is 7.62. The van der Waals surface area contributed by atoms with Crippen LogP contribution in [0.3, 0.4) is 0 Å². The van der Waals surface area contributed by atoms with Crippen molar-refractivity contribution in [2.24, 2.45) is 0 Å². The maximum Gasteiger partial charge on any atom is 0.268 e. The number of aliphatic hydroxyl groups is 1. The lowest BCUT2D eigenvalue weighted by Crippen LogP contribution is -2.27. The first kappa shape index (κ1) is 18.4. The molecule has 1 aliphatic rings. The summed E-state index contributed by atoms with van der Waals surface area (Å²) in [7, 11) is 2.09. The molecule has 27 heavy (non-hydrogen) atoms. The molecule has 3 aromatic rings. The molecule has 0 saturated carbocycles. The smallest absolute Gasteiger partial charge is 0.268 e. The van der Waals surface area contributed by atoms with Crippen LogP contribution in [-0.2, 0) is 13.0 Å². The molecular formula is C19H21ClN4O2S. The van der Waals surface area contributed by atoms with Gasteiger partial charge < -0.3 is 15.3 Å². The monoisotopic (exact) mass is 404 g/mol. The minimum absolute atomic E-state index is 0.0594. The lowest BCUT2D eigenvalue weighted by atomic mass is 10.1. The molecule has 6 nitrogen and oxygen atoms in total. The number of nitrogens with zero attached hydrogens (tertiary/aromatic N) is 3. The van der Waals surface area contributed by atoms with E-state index >= 15 is 0 Å². The van der Waals surface area contributed by atoms with Crippen LogP contribution in [0, 0.1) is 0 Å². The van der Waals surface area contributed by atoms with Gasteiger partial charge in [-0.3, -0.25) is 4.79 Å². The fourth-order valence-corrected chi connectivity index (χ4v) is 4.81. The lowest BCUT2D eigenvalue weighted by molar-refractivity contribution is 0.292. The van der Waals surface area contributed by atoms with Crippen LogP contribution in [0.5, 0.6) is 0 Å². The Kier molecular flexibility index (Phi) is 5.19. The molecule has 0 unspecified atom stereocenters. The van der Waals surface area contributed by atoms with Gasteiger partial charge in [-0.05, 0) is 49.7 Å². The van der Waals surface area contributed by atoms with Crippen molar-refractivity contribution < 1.29 is 5.11 Å². The second-order valence-corrected chi connectivity index (χ2v) is 8.25. The van der Waals surface area contributed by atoms with Crippen LogP contribution in [0.25, 0.3) is 15.9 Å². The molecule has 0 radical (unpaired) electrons. The van der Waals surface area contributed by atoms with Crippen LogP contribution in [0.2, 0.25) is 5.02 Å². The van der Waals surface area contributed by atoms with E-state index in [1.165, 1.54) is 4.88 Å². The number of rotatable bonds is 5. The van der Waals surface area contributed by atoms with E-state index in [1.54, 1.807) is 28.0 Å². The van der Waals surface area contributed by atoms with Gasteiger partial charge in [0.25, 0.3) is 5.56 Å². The molecule has 1 aromatic carbocycles. The van der Waals surface area contributed by atoms with E-state index < -0.39 is 0 Å². The van der Waals surface area contributed by atoms with Crippen LogP contribution in [0.15, 0.2) is 29.1 Å². The number of aromatic nitrogens is 2. The zero-order valence-corrected chi connectivity index (χ0v) is 16.6. The summed E-state index contributed by atoms with van der Waals surface area (Å²) in [5, 5.41) is 13.6. The van der Waals surface area contributed by atoms with Gasteiger partial charge in [0.15, 0.2) is 0 Å². The van der Waals surface area contributed by atoms with Crippen LogP contribution in [0.1, 0.15) is 16.9 Å². The maximum atomic E-state index is 13.5. The van der Waals surface area contributed by atoms with Gasteiger partial charge in [0.05, 0.1) is 11.1 Å². The molecule has 0 aliphatic carbocycles. The molecule has 3 heterocycles. The third kappa shape index (κ3) is 3.48. The summed E-state index contributed by atoms with van der Waals surface area (Å²) in [5.41, 5.74) is 1.80. The van der Waals surface area contributed by atoms with Crippen LogP contribution >= 0.6 is 22.9 Å². The van der Waals surface area contributed by atoms with Gasteiger partial charge in [0.1, 0.15) is 4.83 Å². The third-order valence-corrected chi connectivity index (χ3v) is 6.13. The van der Waals surface area contributed by atoms with Crippen molar-refractivity contribution in [1.29, 1.82) is 0 Å². The Balaban J connectivity index is 1.92.